The number of nitrogens with one attached hydrogen (secondary N) is 1. The molecule has 0 amide bonds. The second kappa shape index (κ2) is 6.32. The van der Waals surface area contributed by atoms with Gasteiger partial charge >= 0.3 is 0 Å². The number of pyridine rings is 1. The zero-order chi connectivity index (χ0) is 15.4. The van der Waals surface area contributed by atoms with E-state index < -0.39 is 0 Å². The van der Waals surface area contributed by atoms with Gasteiger partial charge in [0.1, 0.15) is 28.1 Å². The van der Waals surface area contributed by atoms with Gasteiger partial charge in [0, 0.05) is 30.0 Å². The van der Waals surface area contributed by atoms with Crippen molar-refractivity contribution in [1.82, 2.24) is 4.98 Å². The van der Waals surface area contributed by atoms with Gasteiger partial charge < -0.3 is 19.9 Å². The van der Waals surface area contributed by atoms with Crippen molar-refractivity contribution in [2.45, 2.75) is 0 Å². The Morgan fingerprint density at radius 2 is 1.71 bits per heavy atom. The minimum absolute atomic E-state index is 0.152. The molecule has 1 aromatic heterocycles. The minimum Gasteiger partial charge on any atom is -0.496 e. The maximum atomic E-state index is 7.45. The van der Waals surface area contributed by atoms with E-state index in [-0.39, 0.29) is 16.7 Å². The van der Waals surface area contributed by atoms with Gasteiger partial charge in [-0.2, -0.15) is 0 Å². The number of benzene rings is 1. The maximum Gasteiger partial charge on any atom is 0.238 e. The molecule has 0 fully saturated rings. The summed E-state index contributed by atoms with van der Waals surface area (Å²) in [5.74, 6) is 1.59. The molecule has 21 heavy (non-hydrogen) atoms. The Morgan fingerprint density at radius 1 is 1.14 bits per heavy atom. The number of hydrogen-bond donors (Lipinski definition) is 2. The summed E-state index contributed by atoms with van der Waals surface area (Å²) in [6, 6.07) is 6.60. The van der Waals surface area contributed by atoms with Crippen LogP contribution in [0.15, 0.2) is 30.5 Å². The highest BCUT2D eigenvalue weighted by molar-refractivity contribution is 6.35. The number of nitrogens with two attached hydrogens (primary N) is 1. The van der Waals surface area contributed by atoms with E-state index in [2.05, 4.69) is 4.98 Å². The van der Waals surface area contributed by atoms with Crippen LogP contribution in [0.1, 0.15) is 5.56 Å². The molecule has 0 aliphatic heterocycles. The van der Waals surface area contributed by atoms with E-state index in [0.717, 1.165) is 0 Å². The lowest BCUT2D eigenvalue weighted by Gasteiger charge is -2.11. The molecule has 7 heteroatoms. The van der Waals surface area contributed by atoms with E-state index in [1.54, 1.807) is 38.5 Å². The van der Waals surface area contributed by atoms with Gasteiger partial charge in [-0.3, -0.25) is 5.41 Å². The van der Waals surface area contributed by atoms with E-state index in [9.17, 15) is 0 Å². The number of halogens is 1. The van der Waals surface area contributed by atoms with Crippen molar-refractivity contribution in [2.75, 3.05) is 14.2 Å². The summed E-state index contributed by atoms with van der Waals surface area (Å²) in [6.45, 7) is 0. The number of nitrogen functional groups attached to an aromatic ring is 1. The van der Waals surface area contributed by atoms with Gasteiger partial charge in [-0.15, -0.1) is 0 Å². The smallest absolute Gasteiger partial charge is 0.238 e. The first kappa shape index (κ1) is 14.9. The van der Waals surface area contributed by atoms with Gasteiger partial charge in [0.2, 0.25) is 5.88 Å². The summed E-state index contributed by atoms with van der Waals surface area (Å²) in [7, 11) is 3.08. The molecule has 2 aromatic rings. The first-order valence-corrected chi connectivity index (χ1v) is 6.32. The lowest BCUT2D eigenvalue weighted by Crippen LogP contribution is -2.12. The third-order valence-corrected chi connectivity index (χ3v) is 3.05. The molecule has 0 radical (unpaired) electrons. The molecule has 0 spiro atoms. The highest BCUT2D eigenvalue weighted by Gasteiger charge is 2.13. The van der Waals surface area contributed by atoms with E-state index in [0.29, 0.717) is 22.8 Å². The fourth-order valence-electron chi connectivity index (χ4n) is 1.66. The van der Waals surface area contributed by atoms with E-state index in [1.807, 2.05) is 0 Å². The number of ether oxygens (including phenoxy) is 3. The largest absolute Gasteiger partial charge is 0.496 e. The lowest BCUT2D eigenvalue weighted by atomic mass is 10.2. The first-order chi connectivity index (χ1) is 10.0. The first-order valence-electron chi connectivity index (χ1n) is 5.95. The van der Waals surface area contributed by atoms with Crippen LogP contribution < -0.4 is 19.9 Å². The summed E-state index contributed by atoms with van der Waals surface area (Å²) in [5, 5.41) is 7.62. The lowest BCUT2D eigenvalue weighted by molar-refractivity contribution is 0.385. The fraction of sp³-hybridized carbons (Fsp3) is 0.143. The highest BCUT2D eigenvalue weighted by atomic mass is 35.5. The third kappa shape index (κ3) is 3.35. The molecule has 0 bridgehead atoms. The fourth-order valence-corrected chi connectivity index (χ4v) is 1.91. The van der Waals surface area contributed by atoms with Gasteiger partial charge in [-0.25, -0.2) is 4.98 Å². The number of nitrogens with zero attached hydrogens (tertiary/aromatic N) is 1. The Balaban J connectivity index is 2.38. The zero-order valence-electron chi connectivity index (χ0n) is 11.5. The molecule has 3 N–H and O–H groups in total. The number of rotatable bonds is 5. The summed E-state index contributed by atoms with van der Waals surface area (Å²) >= 11 is 6.13. The summed E-state index contributed by atoms with van der Waals surface area (Å²) < 4.78 is 15.9. The van der Waals surface area contributed by atoms with Crippen LogP contribution in [0.3, 0.4) is 0 Å². The Bertz CT molecular complexity index is 654. The quantitative estimate of drug-likeness (QED) is 0.655. The van der Waals surface area contributed by atoms with Crippen molar-refractivity contribution < 1.29 is 14.2 Å². The minimum atomic E-state index is -0.157. The van der Waals surface area contributed by atoms with Crippen LogP contribution in [-0.2, 0) is 0 Å². The second-order valence-corrected chi connectivity index (χ2v) is 4.42. The normalized spacial score (nSPS) is 10.0. The van der Waals surface area contributed by atoms with Crippen LogP contribution in [0.25, 0.3) is 0 Å². The molecule has 0 atom stereocenters. The van der Waals surface area contributed by atoms with Crippen LogP contribution in [0, 0.1) is 5.41 Å². The van der Waals surface area contributed by atoms with Crippen LogP contribution in [0.5, 0.6) is 23.1 Å². The number of aromatic nitrogens is 1. The topological polar surface area (TPSA) is 90.5 Å². The van der Waals surface area contributed by atoms with Crippen molar-refractivity contribution >= 4 is 17.4 Å². The summed E-state index contributed by atoms with van der Waals surface area (Å²) in [5.41, 5.74) is 5.80. The van der Waals surface area contributed by atoms with Crippen LogP contribution in [0.4, 0.5) is 0 Å². The van der Waals surface area contributed by atoms with Crippen LogP contribution in [-0.4, -0.2) is 25.0 Å². The average molecular weight is 308 g/mol. The van der Waals surface area contributed by atoms with Gasteiger partial charge in [0.25, 0.3) is 0 Å². The molecular formula is C14H14ClN3O3. The van der Waals surface area contributed by atoms with Crippen LogP contribution >= 0.6 is 11.6 Å². The van der Waals surface area contributed by atoms with Gasteiger partial charge in [-0.05, 0) is 6.07 Å². The molecule has 1 heterocycles. The van der Waals surface area contributed by atoms with Gasteiger partial charge in [0.15, 0.2) is 0 Å². The van der Waals surface area contributed by atoms with Gasteiger partial charge in [0.05, 0.1) is 14.2 Å². The Morgan fingerprint density at radius 3 is 2.24 bits per heavy atom. The second-order valence-electron chi connectivity index (χ2n) is 4.04. The molecule has 0 aliphatic rings. The predicted octanol–water partition coefficient (Wildman–Crippen LogP) is 2.83. The number of amidine groups is 1. The Kier molecular flexibility index (Phi) is 4.49. The molecule has 110 valence electrons. The van der Waals surface area contributed by atoms with Crippen LogP contribution in [0.2, 0.25) is 5.02 Å². The Hall–Kier alpha value is -2.47. The molecule has 0 saturated carbocycles. The maximum absolute atomic E-state index is 7.45. The molecule has 1 aromatic carbocycles. The van der Waals surface area contributed by atoms with Crippen molar-refractivity contribution in [3.05, 3.63) is 41.0 Å². The SMILES string of the molecule is COc1cc(OC)cc(Oc2nccc(C(=N)N)c2Cl)c1. The van der Waals surface area contributed by atoms with Crippen molar-refractivity contribution in [3.63, 3.8) is 0 Å². The molecule has 0 aliphatic carbocycles. The van der Waals surface area contributed by atoms with Gasteiger partial charge in [-0.1, -0.05) is 11.6 Å². The molecule has 6 nitrogen and oxygen atoms in total. The predicted molar refractivity (Wildman–Crippen MR) is 79.9 cm³/mol. The average Bonchev–Trinajstić information content (AvgIpc) is 2.48. The molecular weight excluding hydrogens is 294 g/mol. The van der Waals surface area contributed by atoms with Crippen molar-refractivity contribution in [2.24, 2.45) is 5.73 Å². The number of methoxy groups -OCH3 is 2. The van der Waals surface area contributed by atoms with E-state index >= 15 is 0 Å². The standard InChI is InChI=1S/C14H14ClN3O3/c1-19-8-5-9(20-2)7-10(6-8)21-14-12(15)11(13(16)17)3-4-18-14/h3-7H,1-2H3,(H3,16,17). The monoisotopic (exact) mass is 307 g/mol. The van der Waals surface area contributed by atoms with E-state index in [4.69, 9.17) is 37.0 Å². The Labute approximate surface area is 126 Å². The molecule has 0 unspecified atom stereocenters. The molecule has 0 saturated heterocycles. The number of hydrogen-bond acceptors (Lipinski definition) is 5. The highest BCUT2D eigenvalue weighted by Crippen LogP contribution is 2.33. The van der Waals surface area contributed by atoms with Crippen molar-refractivity contribution in [3.8, 4) is 23.1 Å². The molecule has 2 rings (SSSR count). The zero-order valence-corrected chi connectivity index (χ0v) is 12.3. The van der Waals surface area contributed by atoms with E-state index in [1.165, 1.54) is 6.20 Å². The summed E-state index contributed by atoms with van der Waals surface area (Å²) in [4.78, 5) is 4.04. The third-order valence-electron chi connectivity index (χ3n) is 2.69. The summed E-state index contributed by atoms with van der Waals surface area (Å²) in [6.07, 6.45) is 1.47. The van der Waals surface area contributed by atoms with Crippen molar-refractivity contribution in [1.29, 1.82) is 5.41 Å².